The number of allylic oxidation sites excluding steroid dienone is 4. The van der Waals surface area contributed by atoms with Gasteiger partial charge in [0.1, 0.15) is 0 Å². The summed E-state index contributed by atoms with van der Waals surface area (Å²) >= 11 is 0. The van der Waals surface area contributed by atoms with Crippen molar-refractivity contribution in [3.63, 3.8) is 0 Å². The van der Waals surface area contributed by atoms with Gasteiger partial charge in [0.25, 0.3) is 0 Å². The van der Waals surface area contributed by atoms with Gasteiger partial charge in [-0.2, -0.15) is 12.1 Å². The first-order valence-corrected chi connectivity index (χ1v) is 10.4. The third-order valence-electron chi connectivity index (χ3n) is 3.72. The SMILES string of the molecule is CC(C)CP(CC(C)C)c1cc2ccccc2[cH-]1.[C-]1=CC=CC1.[Cl-].[Cl-].[Ti+4]. The maximum absolute atomic E-state index is 2.99. The van der Waals surface area contributed by atoms with Gasteiger partial charge >= 0.3 is 21.7 Å². The largest absolute Gasteiger partial charge is 4.00 e. The van der Waals surface area contributed by atoms with E-state index in [4.69, 9.17) is 0 Å². The summed E-state index contributed by atoms with van der Waals surface area (Å²) in [6, 6.07) is 13.6. The van der Waals surface area contributed by atoms with Crippen molar-refractivity contribution >= 4 is 24.0 Å². The van der Waals surface area contributed by atoms with Crippen LogP contribution in [0.4, 0.5) is 0 Å². The topological polar surface area (TPSA) is 0 Å². The Bertz CT molecular complexity index is 606. The molecule has 0 nitrogen and oxygen atoms in total. The van der Waals surface area contributed by atoms with Crippen molar-refractivity contribution in [2.45, 2.75) is 34.1 Å². The summed E-state index contributed by atoms with van der Waals surface area (Å²) in [6.45, 7) is 9.38. The molecule has 26 heavy (non-hydrogen) atoms. The van der Waals surface area contributed by atoms with Gasteiger partial charge in [0, 0.05) is 0 Å². The molecule has 0 saturated carbocycles. The molecule has 0 saturated heterocycles. The Kier molecular flexibility index (Phi) is 16.3. The Labute approximate surface area is 188 Å². The molecule has 0 N–H and O–H groups in total. The molecule has 0 spiro atoms. The van der Waals surface area contributed by atoms with Crippen molar-refractivity contribution in [3.05, 3.63) is 60.7 Å². The molecule has 0 amide bonds. The predicted octanol–water partition coefficient (Wildman–Crippen LogP) is 0.289. The molecular formula is C22H29Cl2PTi. The molecule has 0 heterocycles. The number of halogens is 2. The first-order chi connectivity index (χ1) is 11.1. The van der Waals surface area contributed by atoms with Gasteiger partial charge in [-0.3, -0.25) is 6.08 Å². The van der Waals surface area contributed by atoms with Crippen molar-refractivity contribution in [2.24, 2.45) is 11.8 Å². The molecule has 0 aromatic heterocycles. The minimum Gasteiger partial charge on any atom is -1.00 e. The molecule has 1 aliphatic rings. The van der Waals surface area contributed by atoms with Gasteiger partial charge in [0.05, 0.1) is 0 Å². The fourth-order valence-electron chi connectivity index (χ4n) is 2.82. The maximum Gasteiger partial charge on any atom is 4.00 e. The van der Waals surface area contributed by atoms with Gasteiger partial charge in [-0.15, -0.1) is 46.8 Å². The van der Waals surface area contributed by atoms with Crippen LogP contribution in [0.5, 0.6) is 0 Å². The van der Waals surface area contributed by atoms with Gasteiger partial charge in [0.15, 0.2) is 0 Å². The molecular weight excluding hydrogens is 414 g/mol. The Morgan fingerprint density at radius 2 is 1.65 bits per heavy atom. The number of rotatable bonds is 5. The van der Waals surface area contributed by atoms with Crippen LogP contribution in [0.1, 0.15) is 34.1 Å². The summed E-state index contributed by atoms with van der Waals surface area (Å²) in [5.41, 5.74) is 0. The number of hydrogen-bond acceptors (Lipinski definition) is 0. The Morgan fingerprint density at radius 3 is 2.08 bits per heavy atom. The summed E-state index contributed by atoms with van der Waals surface area (Å²) in [5.74, 6) is 1.60. The van der Waals surface area contributed by atoms with Crippen molar-refractivity contribution in [2.75, 3.05) is 12.3 Å². The zero-order valence-corrected chi connectivity index (χ0v) is 20.1. The summed E-state index contributed by atoms with van der Waals surface area (Å²) in [5, 5.41) is 4.42. The second-order valence-corrected chi connectivity index (χ2v) is 9.36. The van der Waals surface area contributed by atoms with Crippen LogP contribution in [0.2, 0.25) is 0 Å². The van der Waals surface area contributed by atoms with E-state index < -0.39 is 0 Å². The van der Waals surface area contributed by atoms with Crippen LogP contribution >= 0.6 is 7.92 Å². The van der Waals surface area contributed by atoms with Crippen molar-refractivity contribution in [3.8, 4) is 0 Å². The monoisotopic (exact) mass is 442 g/mol. The van der Waals surface area contributed by atoms with Crippen LogP contribution in [0.3, 0.4) is 0 Å². The molecule has 0 atom stereocenters. The van der Waals surface area contributed by atoms with Crippen LogP contribution in [0, 0.1) is 17.9 Å². The van der Waals surface area contributed by atoms with E-state index in [-0.39, 0.29) is 54.5 Å². The quantitative estimate of drug-likeness (QED) is 0.354. The van der Waals surface area contributed by atoms with E-state index in [1.54, 1.807) is 5.30 Å². The van der Waals surface area contributed by atoms with Crippen LogP contribution in [-0.2, 0) is 21.7 Å². The summed E-state index contributed by atoms with van der Waals surface area (Å²) in [7, 11) is 0.0185. The average molecular weight is 443 g/mol. The van der Waals surface area contributed by atoms with Crippen LogP contribution in [0.15, 0.2) is 54.6 Å². The third kappa shape index (κ3) is 9.82. The first kappa shape index (κ1) is 28.2. The first-order valence-electron chi connectivity index (χ1n) is 8.68. The molecule has 0 aliphatic heterocycles. The maximum atomic E-state index is 2.99. The molecule has 0 fully saturated rings. The summed E-state index contributed by atoms with van der Waals surface area (Å²) in [4.78, 5) is 0. The second kappa shape index (κ2) is 15.0. The Morgan fingerprint density at radius 1 is 1.04 bits per heavy atom. The molecule has 0 bridgehead atoms. The van der Waals surface area contributed by atoms with E-state index >= 15 is 0 Å². The molecule has 2 aromatic carbocycles. The smallest absolute Gasteiger partial charge is 1.00 e. The van der Waals surface area contributed by atoms with E-state index in [0.717, 1.165) is 18.3 Å². The fraction of sp³-hybridized carbons (Fsp3) is 0.409. The van der Waals surface area contributed by atoms with Gasteiger partial charge in [-0.1, -0.05) is 41.7 Å². The van der Waals surface area contributed by atoms with E-state index in [1.807, 2.05) is 12.2 Å². The van der Waals surface area contributed by atoms with E-state index in [9.17, 15) is 0 Å². The average Bonchev–Trinajstić information content (AvgIpc) is 3.18. The Hall–Kier alpha value is 0.0343. The van der Waals surface area contributed by atoms with Gasteiger partial charge < -0.3 is 24.8 Å². The van der Waals surface area contributed by atoms with Crippen molar-refractivity contribution in [1.29, 1.82) is 0 Å². The van der Waals surface area contributed by atoms with Crippen LogP contribution < -0.4 is 30.1 Å². The van der Waals surface area contributed by atoms with E-state index in [0.29, 0.717) is 0 Å². The molecule has 3 rings (SSSR count). The molecule has 0 radical (unpaired) electrons. The molecule has 1 aliphatic carbocycles. The zero-order chi connectivity index (χ0) is 16.7. The molecule has 4 heteroatoms. The second-order valence-electron chi connectivity index (χ2n) is 7.04. The fourth-order valence-corrected chi connectivity index (χ4v) is 5.80. The van der Waals surface area contributed by atoms with Crippen LogP contribution in [-0.4, -0.2) is 12.3 Å². The zero-order valence-electron chi connectivity index (χ0n) is 16.2. The third-order valence-corrected chi connectivity index (χ3v) is 7.06. The standard InChI is InChI=1S/C17H24P.C5H5.2ClH.Ti/c1-13(2)11-18(12-14(3)4)17-9-15-7-5-6-8-16(15)10-17;1-2-4-5-3-1;;;/h5-10,13-14H,11-12H2,1-4H3;1-3H,4H2;2*1H;/q2*-1;;;+4/p-2. The van der Waals surface area contributed by atoms with Crippen molar-refractivity contribution < 1.29 is 46.5 Å². The predicted molar refractivity (Wildman–Crippen MR) is 107 cm³/mol. The van der Waals surface area contributed by atoms with E-state index in [2.05, 4.69) is 76.2 Å². The van der Waals surface area contributed by atoms with Crippen LogP contribution in [0.25, 0.3) is 10.8 Å². The molecule has 0 unspecified atom stereocenters. The molecule has 140 valence electrons. The van der Waals surface area contributed by atoms with E-state index in [1.165, 1.54) is 23.1 Å². The number of fused-ring (bicyclic) bond motifs is 1. The van der Waals surface area contributed by atoms with Crippen molar-refractivity contribution in [1.82, 2.24) is 0 Å². The van der Waals surface area contributed by atoms with Gasteiger partial charge in [-0.25, -0.2) is 12.2 Å². The molecule has 2 aromatic rings. The minimum absolute atomic E-state index is 0. The van der Waals surface area contributed by atoms with Gasteiger partial charge in [0.2, 0.25) is 0 Å². The normalized spacial score (nSPS) is 11.8. The number of hydrogen-bond donors (Lipinski definition) is 0. The summed E-state index contributed by atoms with van der Waals surface area (Å²) in [6.07, 6.45) is 12.7. The minimum atomic E-state index is 0. The summed E-state index contributed by atoms with van der Waals surface area (Å²) < 4.78 is 0. The Balaban J connectivity index is 0. The van der Waals surface area contributed by atoms with Gasteiger partial charge in [-0.05, 0) is 24.2 Å². The number of benzene rings is 1.